The largest absolute Gasteiger partial charge is 0.494 e. The second-order valence-electron chi connectivity index (χ2n) is 7.81. The summed E-state index contributed by atoms with van der Waals surface area (Å²) in [5.74, 6) is 0.681. The topological polar surface area (TPSA) is 59.1 Å². The molecule has 2 saturated heterocycles. The third kappa shape index (κ3) is 5.47. The molecule has 0 saturated carbocycles. The first-order chi connectivity index (χ1) is 13.6. The highest BCUT2D eigenvalue weighted by atomic mass is 16.5. The first-order valence-electron chi connectivity index (χ1n) is 10.5. The van der Waals surface area contributed by atoms with Crippen LogP contribution in [0.15, 0.2) is 24.3 Å². The van der Waals surface area contributed by atoms with E-state index in [-0.39, 0.29) is 17.8 Å². The second kappa shape index (κ2) is 9.92. The zero-order chi connectivity index (χ0) is 19.9. The average Bonchev–Trinajstić information content (AvgIpc) is 3.24. The Balaban J connectivity index is 1.43. The maximum absolute atomic E-state index is 12.3. The minimum absolute atomic E-state index is 0.0236. The number of likely N-dealkylation sites (tertiary alicyclic amines) is 1. The molecule has 2 fully saturated rings. The lowest BCUT2D eigenvalue weighted by Crippen LogP contribution is -2.28. The minimum atomic E-state index is -0.228. The van der Waals surface area contributed by atoms with E-state index < -0.39 is 0 Å². The Morgan fingerprint density at radius 2 is 2.04 bits per heavy atom. The summed E-state index contributed by atoms with van der Waals surface area (Å²) in [6.45, 7) is 8.02. The van der Waals surface area contributed by atoms with Gasteiger partial charge in [0, 0.05) is 31.2 Å². The Labute approximate surface area is 167 Å². The van der Waals surface area contributed by atoms with Crippen molar-refractivity contribution >= 4 is 17.6 Å². The van der Waals surface area contributed by atoms with E-state index in [0.717, 1.165) is 24.4 Å². The summed E-state index contributed by atoms with van der Waals surface area (Å²) in [4.78, 5) is 28.2. The fourth-order valence-electron chi connectivity index (χ4n) is 4.13. The minimum Gasteiger partial charge on any atom is -0.494 e. The van der Waals surface area contributed by atoms with Crippen LogP contribution in [0.25, 0.3) is 0 Å². The lowest BCUT2D eigenvalue weighted by atomic mass is 10.1. The third-order valence-corrected chi connectivity index (χ3v) is 5.66. The number of esters is 1. The summed E-state index contributed by atoms with van der Waals surface area (Å²) >= 11 is 0. The van der Waals surface area contributed by atoms with Gasteiger partial charge in [0.05, 0.1) is 19.6 Å². The zero-order valence-electron chi connectivity index (χ0n) is 17.1. The number of hydrogen-bond donors (Lipinski definition) is 0. The number of hydrogen-bond acceptors (Lipinski definition) is 5. The van der Waals surface area contributed by atoms with Crippen molar-refractivity contribution in [3.05, 3.63) is 24.3 Å². The summed E-state index contributed by atoms with van der Waals surface area (Å²) in [7, 11) is 0. The highest BCUT2D eigenvalue weighted by Gasteiger charge is 2.32. The summed E-state index contributed by atoms with van der Waals surface area (Å²) < 4.78 is 10.8. The second-order valence-corrected chi connectivity index (χ2v) is 7.81. The molecule has 3 rings (SSSR count). The standard InChI is InChI=1S/C22H32N2O4/c1-3-27-22(26)15-18-14-21(25)24(16-18)19-7-9-20(10-8-19)28-13-5-12-23-11-4-6-17(23)2/h7-10,17-18H,3-6,11-16H2,1-2H3/t17-,18-/m0/s1. The van der Waals surface area contributed by atoms with E-state index in [0.29, 0.717) is 38.6 Å². The Morgan fingerprint density at radius 3 is 2.71 bits per heavy atom. The van der Waals surface area contributed by atoms with Crippen LogP contribution in [0, 0.1) is 5.92 Å². The van der Waals surface area contributed by atoms with Crippen molar-refractivity contribution in [1.29, 1.82) is 0 Å². The van der Waals surface area contributed by atoms with Gasteiger partial charge < -0.3 is 19.3 Å². The SMILES string of the molecule is CCOC(=O)C[C@@H]1CC(=O)N(c2ccc(OCCCN3CCC[C@@H]3C)cc2)C1. The highest BCUT2D eigenvalue weighted by molar-refractivity contribution is 5.96. The zero-order valence-corrected chi connectivity index (χ0v) is 17.1. The van der Waals surface area contributed by atoms with Crippen LogP contribution in [0.1, 0.15) is 46.0 Å². The van der Waals surface area contributed by atoms with E-state index >= 15 is 0 Å². The molecule has 0 aliphatic carbocycles. The van der Waals surface area contributed by atoms with Crippen LogP contribution in [-0.4, -0.2) is 55.7 Å². The van der Waals surface area contributed by atoms with Crippen LogP contribution in [-0.2, 0) is 14.3 Å². The number of rotatable bonds is 9. The maximum Gasteiger partial charge on any atom is 0.306 e. The van der Waals surface area contributed by atoms with Crippen LogP contribution in [0.2, 0.25) is 0 Å². The lowest BCUT2D eigenvalue weighted by Gasteiger charge is -2.20. The molecule has 2 atom stereocenters. The number of benzene rings is 1. The molecule has 154 valence electrons. The number of nitrogens with zero attached hydrogens (tertiary/aromatic N) is 2. The average molecular weight is 389 g/mol. The molecule has 1 amide bonds. The number of ether oxygens (including phenoxy) is 2. The molecule has 2 aliphatic heterocycles. The molecule has 2 heterocycles. The van der Waals surface area contributed by atoms with Crippen molar-refractivity contribution in [2.45, 2.75) is 52.0 Å². The molecule has 6 heteroatoms. The number of amides is 1. The quantitative estimate of drug-likeness (QED) is 0.480. The molecule has 0 N–H and O–H groups in total. The van der Waals surface area contributed by atoms with Gasteiger partial charge in [0.25, 0.3) is 0 Å². The van der Waals surface area contributed by atoms with Gasteiger partial charge in [0.15, 0.2) is 0 Å². The van der Waals surface area contributed by atoms with Gasteiger partial charge in [-0.3, -0.25) is 9.59 Å². The highest BCUT2D eigenvalue weighted by Crippen LogP contribution is 2.28. The van der Waals surface area contributed by atoms with E-state index in [1.165, 1.54) is 19.4 Å². The Hall–Kier alpha value is -2.08. The van der Waals surface area contributed by atoms with Crippen molar-refractivity contribution in [2.75, 3.05) is 37.7 Å². The Morgan fingerprint density at radius 1 is 1.25 bits per heavy atom. The fraction of sp³-hybridized carbons (Fsp3) is 0.636. The van der Waals surface area contributed by atoms with Gasteiger partial charge in [0.2, 0.25) is 5.91 Å². The lowest BCUT2D eigenvalue weighted by molar-refractivity contribution is -0.144. The van der Waals surface area contributed by atoms with Gasteiger partial charge in [-0.25, -0.2) is 0 Å². The molecular weight excluding hydrogens is 356 g/mol. The van der Waals surface area contributed by atoms with Gasteiger partial charge >= 0.3 is 5.97 Å². The molecule has 1 aromatic rings. The van der Waals surface area contributed by atoms with Crippen LogP contribution >= 0.6 is 0 Å². The van der Waals surface area contributed by atoms with Crippen LogP contribution in [0.3, 0.4) is 0 Å². The normalized spacial score (nSPS) is 22.6. The molecule has 0 radical (unpaired) electrons. The van der Waals surface area contributed by atoms with Gasteiger partial charge in [0.1, 0.15) is 5.75 Å². The van der Waals surface area contributed by atoms with E-state index in [9.17, 15) is 9.59 Å². The molecule has 0 unspecified atom stereocenters. The summed E-state index contributed by atoms with van der Waals surface area (Å²) in [5.41, 5.74) is 0.856. The predicted octanol–water partition coefficient (Wildman–Crippen LogP) is 3.25. The molecule has 0 spiro atoms. The summed E-state index contributed by atoms with van der Waals surface area (Å²) in [5, 5.41) is 0. The molecule has 6 nitrogen and oxygen atoms in total. The first-order valence-corrected chi connectivity index (χ1v) is 10.5. The van der Waals surface area contributed by atoms with Crippen molar-refractivity contribution in [2.24, 2.45) is 5.92 Å². The molecular formula is C22H32N2O4. The van der Waals surface area contributed by atoms with Gasteiger partial charge in [-0.15, -0.1) is 0 Å². The van der Waals surface area contributed by atoms with Gasteiger partial charge in [-0.05, 0) is 69.8 Å². The fourth-order valence-corrected chi connectivity index (χ4v) is 4.13. The summed E-state index contributed by atoms with van der Waals surface area (Å²) in [6, 6.07) is 8.37. The van der Waals surface area contributed by atoms with E-state index in [1.54, 1.807) is 11.8 Å². The monoisotopic (exact) mass is 388 g/mol. The van der Waals surface area contributed by atoms with Gasteiger partial charge in [-0.2, -0.15) is 0 Å². The predicted molar refractivity (Wildman–Crippen MR) is 109 cm³/mol. The van der Waals surface area contributed by atoms with Crippen LogP contribution < -0.4 is 9.64 Å². The van der Waals surface area contributed by atoms with Crippen molar-refractivity contribution in [1.82, 2.24) is 4.90 Å². The van der Waals surface area contributed by atoms with Gasteiger partial charge in [-0.1, -0.05) is 0 Å². The summed E-state index contributed by atoms with van der Waals surface area (Å²) in [6.07, 6.45) is 4.32. The third-order valence-electron chi connectivity index (χ3n) is 5.66. The number of carbonyl (C=O) groups is 2. The van der Waals surface area contributed by atoms with Crippen LogP contribution in [0.4, 0.5) is 5.69 Å². The first kappa shape index (κ1) is 20.6. The van der Waals surface area contributed by atoms with E-state index in [4.69, 9.17) is 9.47 Å². The maximum atomic E-state index is 12.3. The Bertz CT molecular complexity index is 661. The van der Waals surface area contributed by atoms with Crippen molar-refractivity contribution in [3.8, 4) is 5.75 Å². The van der Waals surface area contributed by atoms with E-state index in [1.807, 2.05) is 24.3 Å². The smallest absolute Gasteiger partial charge is 0.306 e. The number of carbonyl (C=O) groups excluding carboxylic acids is 2. The number of anilines is 1. The molecule has 28 heavy (non-hydrogen) atoms. The Kier molecular flexibility index (Phi) is 7.31. The van der Waals surface area contributed by atoms with Crippen LogP contribution in [0.5, 0.6) is 5.75 Å². The van der Waals surface area contributed by atoms with E-state index in [2.05, 4.69) is 11.8 Å². The molecule has 0 aromatic heterocycles. The molecule has 0 bridgehead atoms. The van der Waals surface area contributed by atoms with Crippen molar-refractivity contribution in [3.63, 3.8) is 0 Å². The molecule has 1 aromatic carbocycles. The molecule has 2 aliphatic rings. The van der Waals surface area contributed by atoms with Crippen molar-refractivity contribution < 1.29 is 19.1 Å².